The molecule has 1 saturated carbocycles. The molecule has 1 heterocycles. The Hall–Kier alpha value is -2.64. The van der Waals surface area contributed by atoms with Crippen LogP contribution in [0, 0.1) is 10.1 Å². The Kier molecular flexibility index (Phi) is 4.61. The number of hydrogen-bond donors (Lipinski definition) is 2. The third kappa shape index (κ3) is 3.42. The summed E-state index contributed by atoms with van der Waals surface area (Å²) in [5.74, 6) is 0.577. The average Bonchev–Trinajstić information content (AvgIpc) is 2.56. The van der Waals surface area contributed by atoms with E-state index in [1.165, 1.54) is 6.42 Å². The standard InChI is InChI=1S/C17H24N6O2/c1-12(23(24)25)11-13-5-7-14(8-6-13)22-16(19)20-15(18)21-17(22)9-3-2-4-10-17/h5-8,12H,2-4,9-11H2,1H3,(H4,18,19,20,21). The first-order valence-corrected chi connectivity index (χ1v) is 8.63. The molecule has 1 aromatic rings. The molecule has 4 N–H and O–H groups in total. The van der Waals surface area contributed by atoms with Crippen LogP contribution >= 0.6 is 0 Å². The van der Waals surface area contributed by atoms with Crippen LogP contribution in [0.25, 0.3) is 0 Å². The molecule has 8 heteroatoms. The molecule has 1 aliphatic heterocycles. The molecule has 0 amide bonds. The minimum absolute atomic E-state index is 0.229. The number of anilines is 1. The average molecular weight is 344 g/mol. The van der Waals surface area contributed by atoms with Crippen molar-refractivity contribution in [1.29, 1.82) is 0 Å². The zero-order valence-electron chi connectivity index (χ0n) is 14.4. The van der Waals surface area contributed by atoms with Crippen LogP contribution in [0.1, 0.15) is 44.6 Å². The molecule has 2 aliphatic rings. The van der Waals surface area contributed by atoms with E-state index >= 15 is 0 Å². The summed E-state index contributed by atoms with van der Waals surface area (Å²) >= 11 is 0. The Balaban J connectivity index is 1.88. The van der Waals surface area contributed by atoms with Crippen LogP contribution in [0.5, 0.6) is 0 Å². The fourth-order valence-corrected chi connectivity index (χ4v) is 3.69. The summed E-state index contributed by atoms with van der Waals surface area (Å²) in [7, 11) is 0. The Morgan fingerprint density at radius 3 is 2.48 bits per heavy atom. The molecule has 0 bridgehead atoms. The van der Waals surface area contributed by atoms with Gasteiger partial charge in [0.1, 0.15) is 5.66 Å². The summed E-state index contributed by atoms with van der Waals surface area (Å²) < 4.78 is 0. The second-order valence-electron chi connectivity index (χ2n) is 6.82. The van der Waals surface area contributed by atoms with Gasteiger partial charge in [0.2, 0.25) is 18.0 Å². The van der Waals surface area contributed by atoms with E-state index in [0.717, 1.165) is 36.9 Å². The third-order valence-corrected chi connectivity index (χ3v) is 4.94. The van der Waals surface area contributed by atoms with Gasteiger partial charge in [0.05, 0.1) is 0 Å². The summed E-state index contributed by atoms with van der Waals surface area (Å²) in [5.41, 5.74) is 13.4. The summed E-state index contributed by atoms with van der Waals surface area (Å²) in [6.45, 7) is 1.61. The monoisotopic (exact) mass is 344 g/mol. The molecule has 8 nitrogen and oxygen atoms in total. The molecule has 3 rings (SSSR count). The number of nitro groups is 1. The lowest BCUT2D eigenvalue weighted by atomic mass is 9.87. The van der Waals surface area contributed by atoms with E-state index in [4.69, 9.17) is 11.5 Å². The molecular formula is C17H24N6O2. The molecule has 1 aromatic carbocycles. The van der Waals surface area contributed by atoms with E-state index in [1.807, 2.05) is 29.2 Å². The van der Waals surface area contributed by atoms with Gasteiger partial charge in [-0.25, -0.2) is 4.99 Å². The van der Waals surface area contributed by atoms with Gasteiger partial charge in [0.25, 0.3) is 0 Å². The predicted octanol–water partition coefficient (Wildman–Crippen LogP) is 2.00. The number of aliphatic imine (C=N–C) groups is 2. The highest BCUT2D eigenvalue weighted by molar-refractivity contribution is 6.05. The van der Waals surface area contributed by atoms with E-state index in [0.29, 0.717) is 12.4 Å². The zero-order chi connectivity index (χ0) is 18.0. The molecule has 1 spiro atoms. The molecule has 1 aliphatic carbocycles. The number of nitrogens with two attached hydrogens (primary N) is 2. The van der Waals surface area contributed by atoms with Crippen molar-refractivity contribution in [2.75, 3.05) is 4.90 Å². The van der Waals surface area contributed by atoms with Crippen molar-refractivity contribution >= 4 is 17.6 Å². The maximum atomic E-state index is 10.8. The first-order valence-electron chi connectivity index (χ1n) is 8.63. The van der Waals surface area contributed by atoms with Crippen LogP contribution in [0.15, 0.2) is 34.3 Å². The van der Waals surface area contributed by atoms with Crippen LogP contribution in [0.2, 0.25) is 0 Å². The van der Waals surface area contributed by atoms with Gasteiger partial charge in [-0.05, 0) is 43.4 Å². The zero-order valence-corrected chi connectivity index (χ0v) is 14.4. The highest BCUT2D eigenvalue weighted by atomic mass is 16.6. The van der Waals surface area contributed by atoms with E-state index in [9.17, 15) is 10.1 Å². The van der Waals surface area contributed by atoms with Crippen LogP contribution in [-0.4, -0.2) is 28.5 Å². The van der Waals surface area contributed by atoms with Crippen molar-refractivity contribution in [2.45, 2.75) is 57.2 Å². The second kappa shape index (κ2) is 6.70. The maximum absolute atomic E-state index is 10.8. The molecule has 134 valence electrons. The second-order valence-corrected chi connectivity index (χ2v) is 6.82. The van der Waals surface area contributed by atoms with E-state index in [-0.39, 0.29) is 10.9 Å². The van der Waals surface area contributed by atoms with Crippen molar-refractivity contribution < 1.29 is 4.92 Å². The topological polar surface area (TPSA) is 123 Å². The van der Waals surface area contributed by atoms with Crippen LogP contribution in [0.4, 0.5) is 5.69 Å². The molecule has 0 saturated heterocycles. The van der Waals surface area contributed by atoms with Crippen LogP contribution in [-0.2, 0) is 6.42 Å². The molecule has 0 radical (unpaired) electrons. The maximum Gasteiger partial charge on any atom is 0.220 e. The molecule has 1 fully saturated rings. The van der Waals surface area contributed by atoms with Crippen molar-refractivity contribution in [3.05, 3.63) is 39.9 Å². The minimum Gasteiger partial charge on any atom is -0.369 e. The number of hydrogen-bond acceptors (Lipinski definition) is 7. The minimum atomic E-state index is -0.610. The van der Waals surface area contributed by atoms with Gasteiger partial charge in [0, 0.05) is 24.0 Å². The van der Waals surface area contributed by atoms with Crippen LogP contribution < -0.4 is 16.4 Å². The Bertz CT molecular complexity index is 706. The number of nitrogens with zero attached hydrogens (tertiary/aromatic N) is 4. The fraction of sp³-hybridized carbons (Fsp3) is 0.529. The Morgan fingerprint density at radius 2 is 1.88 bits per heavy atom. The normalized spacial score (nSPS) is 20.8. The quantitative estimate of drug-likeness (QED) is 0.639. The van der Waals surface area contributed by atoms with Gasteiger partial charge in [-0.2, -0.15) is 4.99 Å². The van der Waals surface area contributed by atoms with Crippen molar-refractivity contribution in [3.8, 4) is 0 Å². The number of benzene rings is 1. The summed E-state index contributed by atoms with van der Waals surface area (Å²) in [4.78, 5) is 21.3. The lowest BCUT2D eigenvalue weighted by molar-refractivity contribution is -0.517. The van der Waals surface area contributed by atoms with Gasteiger partial charge in [0.15, 0.2) is 0 Å². The Labute approximate surface area is 146 Å². The largest absolute Gasteiger partial charge is 0.369 e. The molecule has 25 heavy (non-hydrogen) atoms. The van der Waals surface area contributed by atoms with Gasteiger partial charge < -0.3 is 11.5 Å². The first kappa shape index (κ1) is 17.2. The van der Waals surface area contributed by atoms with Crippen molar-refractivity contribution in [2.24, 2.45) is 21.5 Å². The first-order chi connectivity index (χ1) is 11.9. The van der Waals surface area contributed by atoms with E-state index < -0.39 is 11.7 Å². The highest BCUT2D eigenvalue weighted by Crippen LogP contribution is 2.39. The third-order valence-electron chi connectivity index (χ3n) is 4.94. The molecular weight excluding hydrogens is 320 g/mol. The molecule has 1 atom stereocenters. The van der Waals surface area contributed by atoms with Gasteiger partial charge in [-0.15, -0.1) is 0 Å². The Morgan fingerprint density at radius 1 is 1.24 bits per heavy atom. The van der Waals surface area contributed by atoms with Gasteiger partial charge in [-0.3, -0.25) is 15.0 Å². The SMILES string of the molecule is CC(Cc1ccc(N2C(N)=NC(N)=NC23CCCCC3)cc1)[N+](=O)[O-]. The van der Waals surface area contributed by atoms with Crippen molar-refractivity contribution in [3.63, 3.8) is 0 Å². The molecule has 0 aromatic heterocycles. The number of guanidine groups is 2. The van der Waals surface area contributed by atoms with Gasteiger partial charge in [-0.1, -0.05) is 18.6 Å². The summed E-state index contributed by atoms with van der Waals surface area (Å²) in [6.07, 6.45) is 5.47. The van der Waals surface area contributed by atoms with Crippen LogP contribution in [0.3, 0.4) is 0 Å². The van der Waals surface area contributed by atoms with E-state index in [2.05, 4.69) is 9.98 Å². The van der Waals surface area contributed by atoms with E-state index in [1.54, 1.807) is 6.92 Å². The van der Waals surface area contributed by atoms with Crippen molar-refractivity contribution in [1.82, 2.24) is 0 Å². The summed E-state index contributed by atoms with van der Waals surface area (Å²) in [5, 5.41) is 10.8. The smallest absolute Gasteiger partial charge is 0.220 e. The molecule has 1 unspecified atom stereocenters. The highest BCUT2D eigenvalue weighted by Gasteiger charge is 2.42. The lowest BCUT2D eigenvalue weighted by Gasteiger charge is -2.45. The fourth-order valence-electron chi connectivity index (χ4n) is 3.69. The van der Waals surface area contributed by atoms with Gasteiger partial charge >= 0.3 is 0 Å². The summed E-state index contributed by atoms with van der Waals surface area (Å²) in [6, 6.07) is 7.05. The lowest BCUT2D eigenvalue weighted by Crippen LogP contribution is -2.58. The predicted molar refractivity (Wildman–Crippen MR) is 98.1 cm³/mol. The number of rotatable bonds is 4.